The van der Waals surface area contributed by atoms with Crippen molar-refractivity contribution in [2.75, 3.05) is 24.6 Å². The molecule has 3 aromatic heterocycles. The number of hydrogen-bond donors (Lipinski definition) is 1. The third-order valence-electron chi connectivity index (χ3n) is 7.39. The highest BCUT2D eigenvalue weighted by atomic mass is 16.5. The second-order valence-corrected chi connectivity index (χ2v) is 10.1. The molecule has 8 heteroatoms. The molecule has 1 amide bonds. The Hall–Kier alpha value is -4.38. The summed E-state index contributed by atoms with van der Waals surface area (Å²) in [4.78, 5) is 19.7. The van der Waals surface area contributed by atoms with E-state index in [1.807, 2.05) is 44.3 Å². The molecule has 1 fully saturated rings. The fourth-order valence-electron chi connectivity index (χ4n) is 5.46. The van der Waals surface area contributed by atoms with Crippen molar-refractivity contribution in [1.29, 1.82) is 5.26 Å². The van der Waals surface area contributed by atoms with Crippen molar-refractivity contribution in [2.45, 2.75) is 51.5 Å². The van der Waals surface area contributed by atoms with Crippen molar-refractivity contribution in [1.82, 2.24) is 19.9 Å². The Kier molecular flexibility index (Phi) is 7.78. The predicted octanol–water partition coefficient (Wildman–Crippen LogP) is 5.16. The van der Waals surface area contributed by atoms with Crippen LogP contribution in [0.3, 0.4) is 0 Å². The van der Waals surface area contributed by atoms with Gasteiger partial charge in [-0.2, -0.15) is 10.4 Å². The van der Waals surface area contributed by atoms with Crippen LogP contribution in [0.2, 0.25) is 0 Å². The van der Waals surface area contributed by atoms with E-state index in [1.54, 1.807) is 16.9 Å². The van der Waals surface area contributed by atoms with Crippen molar-refractivity contribution < 1.29 is 9.53 Å². The molecule has 0 saturated carbocycles. The van der Waals surface area contributed by atoms with Crippen LogP contribution in [0.1, 0.15) is 50.7 Å². The second kappa shape index (κ2) is 11.6. The molecule has 0 aliphatic carbocycles. The molecule has 4 aromatic rings. The molecule has 0 spiro atoms. The molecule has 200 valence electrons. The molecule has 0 bridgehead atoms. The number of carbonyl (C=O) groups is 1. The van der Waals surface area contributed by atoms with Crippen molar-refractivity contribution in [3.8, 4) is 22.9 Å². The van der Waals surface area contributed by atoms with Gasteiger partial charge in [-0.1, -0.05) is 37.3 Å². The van der Waals surface area contributed by atoms with Crippen LogP contribution in [0.4, 0.5) is 5.82 Å². The van der Waals surface area contributed by atoms with E-state index in [4.69, 9.17) is 9.72 Å². The van der Waals surface area contributed by atoms with Gasteiger partial charge < -0.3 is 15.0 Å². The van der Waals surface area contributed by atoms with Gasteiger partial charge in [0.1, 0.15) is 17.6 Å². The molecule has 1 aliphatic heterocycles. The number of aromatic nitrogens is 3. The SMILES string of the molecule is CCCC(=O)NC1(Cc2ccccc2)CCN(c2ccc(-c3cc(OCC)cn4ncc(C#N)c34)cn2)CC1. The highest BCUT2D eigenvalue weighted by Gasteiger charge is 2.36. The highest BCUT2D eigenvalue weighted by Crippen LogP contribution is 2.33. The lowest BCUT2D eigenvalue weighted by atomic mass is 9.81. The van der Waals surface area contributed by atoms with Crippen molar-refractivity contribution in [3.63, 3.8) is 0 Å². The normalized spacial score (nSPS) is 14.6. The number of fused-ring (bicyclic) bond motifs is 1. The van der Waals surface area contributed by atoms with Gasteiger partial charge in [-0.3, -0.25) is 4.79 Å². The van der Waals surface area contributed by atoms with Crippen LogP contribution in [0, 0.1) is 11.3 Å². The van der Waals surface area contributed by atoms with E-state index in [0.717, 1.165) is 61.2 Å². The van der Waals surface area contributed by atoms with Gasteiger partial charge in [-0.15, -0.1) is 0 Å². The summed E-state index contributed by atoms with van der Waals surface area (Å²) in [5, 5.41) is 17.4. The summed E-state index contributed by atoms with van der Waals surface area (Å²) in [5.41, 5.74) is 3.97. The van der Waals surface area contributed by atoms with Gasteiger partial charge in [0.2, 0.25) is 5.91 Å². The van der Waals surface area contributed by atoms with Crippen LogP contribution in [0.5, 0.6) is 5.75 Å². The van der Waals surface area contributed by atoms with E-state index in [0.29, 0.717) is 24.3 Å². The predicted molar refractivity (Wildman–Crippen MR) is 152 cm³/mol. The Bertz CT molecular complexity index is 1460. The minimum atomic E-state index is -0.259. The maximum Gasteiger partial charge on any atom is 0.220 e. The van der Waals surface area contributed by atoms with Crippen LogP contribution in [0.15, 0.2) is 67.1 Å². The van der Waals surface area contributed by atoms with Crippen LogP contribution < -0.4 is 15.0 Å². The Morgan fingerprint density at radius 3 is 2.59 bits per heavy atom. The molecule has 1 aromatic carbocycles. The number of piperidine rings is 1. The average Bonchev–Trinajstić information content (AvgIpc) is 3.37. The summed E-state index contributed by atoms with van der Waals surface area (Å²) in [6, 6.07) is 18.6. The summed E-state index contributed by atoms with van der Waals surface area (Å²) in [6.45, 7) is 6.11. The molecule has 5 rings (SSSR count). The molecular formula is C31H34N6O2. The van der Waals surface area contributed by atoms with Crippen molar-refractivity contribution in [3.05, 3.63) is 78.2 Å². The summed E-state index contributed by atoms with van der Waals surface area (Å²) in [6.07, 6.45) is 9.12. The standard InChI is InChI=1S/C31H34N6O2/c1-3-8-29(38)35-31(18-23-9-6-5-7-10-23)13-15-36(16-14-31)28-12-11-24(20-33-28)27-17-26(39-4-2)22-37-30(27)25(19-32)21-34-37/h5-7,9-12,17,20-22H,3-4,8,13-16,18H2,1-2H3,(H,35,38). The van der Waals surface area contributed by atoms with Crippen molar-refractivity contribution in [2.24, 2.45) is 0 Å². The molecule has 1 aliphatic rings. The summed E-state index contributed by atoms with van der Waals surface area (Å²) < 4.78 is 7.43. The third kappa shape index (κ3) is 5.73. The zero-order chi connectivity index (χ0) is 27.2. The maximum atomic E-state index is 12.6. The molecule has 4 heterocycles. The first-order valence-corrected chi connectivity index (χ1v) is 13.6. The zero-order valence-corrected chi connectivity index (χ0v) is 22.6. The van der Waals surface area contributed by atoms with Gasteiger partial charge in [0, 0.05) is 42.4 Å². The van der Waals surface area contributed by atoms with Crippen molar-refractivity contribution >= 4 is 17.2 Å². The molecule has 0 atom stereocenters. The van der Waals surface area contributed by atoms with E-state index in [-0.39, 0.29) is 11.4 Å². The highest BCUT2D eigenvalue weighted by molar-refractivity contribution is 5.85. The van der Waals surface area contributed by atoms with Crippen LogP contribution in [-0.4, -0.2) is 45.7 Å². The number of rotatable bonds is 9. The van der Waals surface area contributed by atoms with Gasteiger partial charge in [-0.05, 0) is 56.4 Å². The number of hydrogen-bond acceptors (Lipinski definition) is 6. The molecule has 1 N–H and O–H groups in total. The Balaban J connectivity index is 1.36. The van der Waals surface area contributed by atoms with Gasteiger partial charge in [0.25, 0.3) is 0 Å². The fraction of sp³-hybridized carbons (Fsp3) is 0.355. The summed E-state index contributed by atoms with van der Waals surface area (Å²) in [7, 11) is 0. The molecular weight excluding hydrogens is 488 g/mol. The first-order chi connectivity index (χ1) is 19.0. The third-order valence-corrected chi connectivity index (χ3v) is 7.39. The molecule has 8 nitrogen and oxygen atoms in total. The largest absolute Gasteiger partial charge is 0.492 e. The number of ether oxygens (including phenoxy) is 1. The van der Waals surface area contributed by atoms with Crippen LogP contribution >= 0.6 is 0 Å². The Morgan fingerprint density at radius 2 is 1.92 bits per heavy atom. The lowest BCUT2D eigenvalue weighted by Gasteiger charge is -2.43. The monoisotopic (exact) mass is 522 g/mol. The van der Waals surface area contributed by atoms with Gasteiger partial charge >= 0.3 is 0 Å². The van der Waals surface area contributed by atoms with Crippen LogP contribution in [0.25, 0.3) is 16.6 Å². The van der Waals surface area contributed by atoms with Gasteiger partial charge in [0.15, 0.2) is 0 Å². The van der Waals surface area contributed by atoms with E-state index in [2.05, 4.69) is 45.7 Å². The molecule has 1 saturated heterocycles. The number of nitrogens with one attached hydrogen (secondary N) is 1. The van der Waals surface area contributed by atoms with E-state index in [9.17, 15) is 10.1 Å². The van der Waals surface area contributed by atoms with Gasteiger partial charge in [-0.25, -0.2) is 9.50 Å². The zero-order valence-electron chi connectivity index (χ0n) is 22.6. The second-order valence-electron chi connectivity index (χ2n) is 10.1. The number of amides is 1. The quantitative estimate of drug-likeness (QED) is 0.326. The minimum Gasteiger partial charge on any atom is -0.492 e. The number of nitrogens with zero attached hydrogens (tertiary/aromatic N) is 5. The maximum absolute atomic E-state index is 12.6. The van der Waals surface area contributed by atoms with E-state index >= 15 is 0 Å². The Labute approximate surface area is 229 Å². The summed E-state index contributed by atoms with van der Waals surface area (Å²) in [5.74, 6) is 1.71. The lowest BCUT2D eigenvalue weighted by Crippen LogP contribution is -2.56. The Morgan fingerprint density at radius 1 is 1.13 bits per heavy atom. The molecule has 0 unspecified atom stereocenters. The van der Waals surface area contributed by atoms with Gasteiger partial charge in [0.05, 0.1) is 30.1 Å². The minimum absolute atomic E-state index is 0.126. The number of pyridine rings is 2. The first kappa shape index (κ1) is 26.2. The smallest absolute Gasteiger partial charge is 0.220 e. The van der Waals surface area contributed by atoms with E-state index in [1.165, 1.54) is 5.56 Å². The van der Waals surface area contributed by atoms with Crippen LogP contribution in [-0.2, 0) is 11.2 Å². The molecule has 0 radical (unpaired) electrons. The summed E-state index contributed by atoms with van der Waals surface area (Å²) >= 11 is 0. The topological polar surface area (TPSA) is 95.5 Å². The average molecular weight is 523 g/mol. The molecule has 39 heavy (non-hydrogen) atoms. The first-order valence-electron chi connectivity index (χ1n) is 13.6. The van der Waals surface area contributed by atoms with E-state index < -0.39 is 0 Å². The number of anilines is 1. The fourth-order valence-corrected chi connectivity index (χ4v) is 5.46. The number of carbonyl (C=O) groups excluding carboxylic acids is 1. The number of benzene rings is 1. The number of nitriles is 1. The lowest BCUT2D eigenvalue weighted by molar-refractivity contribution is -0.123.